The predicted octanol–water partition coefficient (Wildman–Crippen LogP) is 2.19. The predicted molar refractivity (Wildman–Crippen MR) is 105 cm³/mol. The van der Waals surface area contributed by atoms with E-state index in [-0.39, 0.29) is 29.6 Å². The Kier molecular flexibility index (Phi) is 6.51. The second-order valence-electron chi connectivity index (χ2n) is 7.52. The van der Waals surface area contributed by atoms with Gasteiger partial charge in [-0.1, -0.05) is 31.4 Å². The molecule has 8 nitrogen and oxygen atoms in total. The van der Waals surface area contributed by atoms with E-state index in [0.717, 1.165) is 30.6 Å². The Morgan fingerprint density at radius 3 is 2.41 bits per heavy atom. The minimum absolute atomic E-state index is 0.116. The van der Waals surface area contributed by atoms with E-state index in [0.29, 0.717) is 6.54 Å². The summed E-state index contributed by atoms with van der Waals surface area (Å²) >= 11 is 0. The van der Waals surface area contributed by atoms with Crippen molar-refractivity contribution in [2.75, 3.05) is 20.1 Å². The van der Waals surface area contributed by atoms with Crippen molar-refractivity contribution in [1.29, 1.82) is 0 Å². The SMILES string of the molecule is C[C@@H](OC(=O)c1ccccc1C(=O)N(C)C1CCCCC1)C(=O)N1CCNC1=O. The Morgan fingerprint density at radius 1 is 1.14 bits per heavy atom. The molecule has 0 aromatic heterocycles. The van der Waals surface area contributed by atoms with Crippen molar-refractivity contribution in [3.8, 4) is 0 Å². The maximum Gasteiger partial charge on any atom is 0.339 e. The van der Waals surface area contributed by atoms with Crippen molar-refractivity contribution in [2.24, 2.45) is 0 Å². The molecule has 2 aliphatic rings. The van der Waals surface area contributed by atoms with Crippen molar-refractivity contribution in [2.45, 2.75) is 51.2 Å². The largest absolute Gasteiger partial charge is 0.449 e. The maximum absolute atomic E-state index is 13.0. The Labute approximate surface area is 170 Å². The van der Waals surface area contributed by atoms with Crippen LogP contribution in [-0.2, 0) is 9.53 Å². The standard InChI is InChI=1S/C21H27N3O5/c1-14(18(25)24-13-12-22-21(24)28)29-20(27)17-11-7-6-10-16(17)19(26)23(2)15-8-4-3-5-9-15/h6-7,10-11,14-15H,3-5,8-9,12-13H2,1-2H3,(H,22,28)/t14-/m1/s1. The smallest absolute Gasteiger partial charge is 0.339 e. The third-order valence-corrected chi connectivity index (χ3v) is 5.57. The summed E-state index contributed by atoms with van der Waals surface area (Å²) < 4.78 is 5.29. The van der Waals surface area contributed by atoms with Crippen molar-refractivity contribution in [3.63, 3.8) is 0 Å². The van der Waals surface area contributed by atoms with Crippen LogP contribution in [0, 0.1) is 0 Å². The highest BCUT2D eigenvalue weighted by Gasteiger charge is 2.33. The number of amides is 4. The quantitative estimate of drug-likeness (QED) is 0.763. The summed E-state index contributed by atoms with van der Waals surface area (Å²) in [6, 6.07) is 6.12. The number of carbonyl (C=O) groups is 4. The molecule has 0 spiro atoms. The van der Waals surface area contributed by atoms with Crippen molar-refractivity contribution < 1.29 is 23.9 Å². The zero-order valence-electron chi connectivity index (χ0n) is 16.8. The number of imide groups is 1. The van der Waals surface area contributed by atoms with Gasteiger partial charge in [-0.15, -0.1) is 0 Å². The molecule has 0 radical (unpaired) electrons. The molecule has 1 atom stereocenters. The minimum atomic E-state index is -1.13. The van der Waals surface area contributed by atoms with Gasteiger partial charge in [-0.05, 0) is 31.9 Å². The number of hydrogen-bond acceptors (Lipinski definition) is 5. The van der Waals surface area contributed by atoms with Crippen LogP contribution in [0.5, 0.6) is 0 Å². The molecule has 1 saturated heterocycles. The van der Waals surface area contributed by atoms with Crippen molar-refractivity contribution in [1.82, 2.24) is 15.1 Å². The normalized spacial score (nSPS) is 18.1. The first-order valence-electron chi connectivity index (χ1n) is 10.1. The number of hydrogen-bond donors (Lipinski definition) is 1. The lowest BCUT2D eigenvalue weighted by Gasteiger charge is -2.31. The first-order chi connectivity index (χ1) is 13.9. The first kappa shape index (κ1) is 20.8. The highest BCUT2D eigenvalue weighted by Crippen LogP contribution is 2.24. The van der Waals surface area contributed by atoms with E-state index in [9.17, 15) is 19.2 Å². The van der Waals surface area contributed by atoms with Crippen LogP contribution in [0.4, 0.5) is 4.79 Å². The Bertz CT molecular complexity index is 803. The van der Waals surface area contributed by atoms with E-state index < -0.39 is 24.0 Å². The fraction of sp³-hybridized carbons (Fsp3) is 0.524. The van der Waals surface area contributed by atoms with Gasteiger partial charge in [-0.25, -0.2) is 9.59 Å². The lowest BCUT2D eigenvalue weighted by molar-refractivity contribution is -0.136. The molecule has 8 heteroatoms. The fourth-order valence-corrected chi connectivity index (χ4v) is 3.85. The second kappa shape index (κ2) is 9.07. The van der Waals surface area contributed by atoms with Crippen LogP contribution in [0.1, 0.15) is 59.7 Å². The highest BCUT2D eigenvalue weighted by molar-refractivity contribution is 6.06. The molecule has 1 heterocycles. The van der Waals surface area contributed by atoms with Gasteiger partial charge in [0.05, 0.1) is 11.1 Å². The second-order valence-corrected chi connectivity index (χ2v) is 7.52. The Hall–Kier alpha value is -2.90. The molecule has 29 heavy (non-hydrogen) atoms. The summed E-state index contributed by atoms with van der Waals surface area (Å²) in [4.78, 5) is 52.5. The van der Waals surface area contributed by atoms with E-state index >= 15 is 0 Å². The molecule has 1 aromatic carbocycles. The van der Waals surface area contributed by atoms with Crippen LogP contribution in [-0.4, -0.2) is 65.9 Å². The molecular formula is C21H27N3O5. The Morgan fingerprint density at radius 2 is 1.79 bits per heavy atom. The number of nitrogens with one attached hydrogen (secondary N) is 1. The zero-order chi connectivity index (χ0) is 21.0. The molecule has 3 rings (SSSR count). The van der Waals surface area contributed by atoms with Gasteiger partial charge in [0.1, 0.15) is 0 Å². The summed E-state index contributed by atoms with van der Waals surface area (Å²) in [6.07, 6.45) is 4.15. The number of urea groups is 1. The summed E-state index contributed by atoms with van der Waals surface area (Å²) in [6.45, 7) is 2.03. The fourth-order valence-electron chi connectivity index (χ4n) is 3.85. The monoisotopic (exact) mass is 401 g/mol. The summed E-state index contributed by atoms with van der Waals surface area (Å²) in [5.74, 6) is -1.58. The molecular weight excluding hydrogens is 374 g/mol. The molecule has 2 fully saturated rings. The van der Waals surface area contributed by atoms with Gasteiger partial charge >= 0.3 is 12.0 Å². The topological polar surface area (TPSA) is 96.0 Å². The molecule has 1 aliphatic carbocycles. The lowest BCUT2D eigenvalue weighted by Crippen LogP contribution is -2.42. The third-order valence-electron chi connectivity index (χ3n) is 5.57. The molecule has 4 amide bonds. The lowest BCUT2D eigenvalue weighted by atomic mass is 9.94. The number of carbonyl (C=O) groups excluding carboxylic acids is 4. The van der Waals surface area contributed by atoms with Crippen molar-refractivity contribution >= 4 is 23.8 Å². The van der Waals surface area contributed by atoms with E-state index in [1.807, 2.05) is 0 Å². The molecule has 1 aliphatic heterocycles. The average molecular weight is 401 g/mol. The highest BCUT2D eigenvalue weighted by atomic mass is 16.5. The van der Waals surface area contributed by atoms with Crippen LogP contribution in [0.25, 0.3) is 0 Å². The number of esters is 1. The molecule has 1 N–H and O–H groups in total. The molecule has 1 aromatic rings. The summed E-state index contributed by atoms with van der Waals surface area (Å²) in [5.41, 5.74) is 0.370. The van der Waals surface area contributed by atoms with E-state index in [1.165, 1.54) is 19.4 Å². The van der Waals surface area contributed by atoms with Gasteiger partial charge in [-0.3, -0.25) is 14.5 Å². The maximum atomic E-state index is 13.0. The molecule has 0 bridgehead atoms. The van der Waals surface area contributed by atoms with Crippen LogP contribution in [0.15, 0.2) is 24.3 Å². The number of nitrogens with zero attached hydrogens (tertiary/aromatic N) is 2. The van der Waals surface area contributed by atoms with Crippen molar-refractivity contribution in [3.05, 3.63) is 35.4 Å². The first-order valence-corrected chi connectivity index (χ1v) is 10.1. The van der Waals surface area contributed by atoms with Crippen LogP contribution < -0.4 is 5.32 Å². The van der Waals surface area contributed by atoms with Crippen LogP contribution in [0.2, 0.25) is 0 Å². The molecule has 156 valence electrons. The van der Waals surface area contributed by atoms with Gasteiger partial charge in [0.15, 0.2) is 6.10 Å². The molecule has 0 unspecified atom stereocenters. The van der Waals surface area contributed by atoms with E-state index in [2.05, 4.69) is 5.32 Å². The minimum Gasteiger partial charge on any atom is -0.449 e. The van der Waals surface area contributed by atoms with E-state index in [4.69, 9.17) is 4.74 Å². The van der Waals surface area contributed by atoms with Crippen LogP contribution >= 0.6 is 0 Å². The van der Waals surface area contributed by atoms with Gasteiger partial charge in [0.2, 0.25) is 0 Å². The summed E-state index contributed by atoms with van der Waals surface area (Å²) in [7, 11) is 1.76. The average Bonchev–Trinajstić information content (AvgIpc) is 3.18. The summed E-state index contributed by atoms with van der Waals surface area (Å²) in [5, 5.41) is 2.53. The van der Waals surface area contributed by atoms with Gasteiger partial charge < -0.3 is 15.0 Å². The number of ether oxygens (including phenoxy) is 1. The number of benzene rings is 1. The third kappa shape index (κ3) is 4.58. The zero-order valence-corrected chi connectivity index (χ0v) is 16.8. The van der Waals surface area contributed by atoms with Gasteiger partial charge in [-0.2, -0.15) is 0 Å². The van der Waals surface area contributed by atoms with Crippen LogP contribution in [0.3, 0.4) is 0 Å². The van der Waals surface area contributed by atoms with Gasteiger partial charge in [0, 0.05) is 26.2 Å². The molecule has 1 saturated carbocycles. The van der Waals surface area contributed by atoms with E-state index in [1.54, 1.807) is 30.1 Å². The van der Waals surface area contributed by atoms with Gasteiger partial charge in [0.25, 0.3) is 11.8 Å². The Balaban J connectivity index is 1.71. The number of rotatable bonds is 5.